The van der Waals surface area contributed by atoms with Crippen LogP contribution in [0.4, 0.5) is 10.1 Å². The molecule has 5 heteroatoms. The number of rotatable bonds is 3. The molecule has 0 aliphatic rings. The first kappa shape index (κ1) is 13.0. The monoisotopic (exact) mass is 285 g/mol. The molecule has 0 saturated heterocycles. The minimum Gasteiger partial charge on any atom is -0.487 e. The van der Waals surface area contributed by atoms with E-state index in [2.05, 4.69) is 0 Å². The second kappa shape index (κ2) is 5.46. The third-order valence-corrected chi connectivity index (χ3v) is 2.96. The summed E-state index contributed by atoms with van der Waals surface area (Å²) in [5.41, 5.74) is 6.74. The van der Waals surface area contributed by atoms with Gasteiger partial charge < -0.3 is 10.5 Å². The molecule has 0 amide bonds. The molecule has 0 radical (unpaired) electrons. The molecule has 2 rings (SSSR count). The number of ether oxygens (including phenoxy) is 1. The maximum Gasteiger partial charge on any atom is 0.140 e. The first-order chi connectivity index (χ1) is 8.56. The highest BCUT2D eigenvalue weighted by molar-refractivity contribution is 6.37. The van der Waals surface area contributed by atoms with E-state index < -0.39 is 0 Å². The summed E-state index contributed by atoms with van der Waals surface area (Å²) in [6.45, 7) is 0.207. The Morgan fingerprint density at radius 3 is 2.61 bits per heavy atom. The van der Waals surface area contributed by atoms with Crippen molar-refractivity contribution in [2.45, 2.75) is 6.61 Å². The van der Waals surface area contributed by atoms with Crippen molar-refractivity contribution < 1.29 is 9.13 Å². The summed E-state index contributed by atoms with van der Waals surface area (Å²) in [7, 11) is 0. The fraction of sp³-hybridized carbons (Fsp3) is 0.0769. The Bertz CT molecular complexity index is 575. The molecule has 0 unspecified atom stereocenters. The topological polar surface area (TPSA) is 35.2 Å². The molecule has 2 aromatic carbocycles. The van der Waals surface area contributed by atoms with Crippen molar-refractivity contribution in [2.75, 3.05) is 5.73 Å². The molecule has 2 aromatic rings. The number of hydrogen-bond acceptors (Lipinski definition) is 2. The summed E-state index contributed by atoms with van der Waals surface area (Å²) in [5.74, 6) is 0.112. The predicted molar refractivity (Wildman–Crippen MR) is 71.6 cm³/mol. The molecule has 0 aliphatic heterocycles. The zero-order valence-electron chi connectivity index (χ0n) is 9.29. The summed E-state index contributed by atoms with van der Waals surface area (Å²) < 4.78 is 18.4. The molecule has 0 fully saturated rings. The van der Waals surface area contributed by atoms with Gasteiger partial charge in [-0.15, -0.1) is 0 Å². The molecule has 2 nitrogen and oxygen atoms in total. The van der Waals surface area contributed by atoms with Crippen molar-refractivity contribution >= 4 is 28.9 Å². The van der Waals surface area contributed by atoms with Gasteiger partial charge in [0.25, 0.3) is 0 Å². The number of nitrogen functional groups attached to an aromatic ring is 1. The van der Waals surface area contributed by atoms with E-state index in [9.17, 15) is 4.39 Å². The fourth-order valence-corrected chi connectivity index (χ4v) is 1.88. The first-order valence-corrected chi connectivity index (χ1v) is 5.93. The zero-order chi connectivity index (χ0) is 13.1. The molecule has 0 spiro atoms. The number of nitrogens with two attached hydrogens (primary N) is 1. The Morgan fingerprint density at radius 2 is 1.89 bits per heavy atom. The molecular weight excluding hydrogens is 276 g/mol. The van der Waals surface area contributed by atoms with E-state index in [-0.39, 0.29) is 12.4 Å². The van der Waals surface area contributed by atoms with Gasteiger partial charge >= 0.3 is 0 Å². The number of anilines is 1. The van der Waals surface area contributed by atoms with Gasteiger partial charge in [-0.25, -0.2) is 4.39 Å². The summed E-state index contributed by atoms with van der Waals surface area (Å²) in [4.78, 5) is 0. The van der Waals surface area contributed by atoms with E-state index in [1.165, 1.54) is 18.2 Å². The van der Waals surface area contributed by atoms with Crippen molar-refractivity contribution in [2.24, 2.45) is 0 Å². The van der Waals surface area contributed by atoms with Crippen LogP contribution < -0.4 is 10.5 Å². The molecular formula is C13H10Cl2FNO. The molecule has 0 saturated carbocycles. The van der Waals surface area contributed by atoms with Gasteiger partial charge in [0.15, 0.2) is 0 Å². The van der Waals surface area contributed by atoms with Crippen molar-refractivity contribution in [3.8, 4) is 5.75 Å². The molecule has 0 heterocycles. The normalized spacial score (nSPS) is 10.4. The smallest absolute Gasteiger partial charge is 0.140 e. The van der Waals surface area contributed by atoms with Gasteiger partial charge in [-0.2, -0.15) is 0 Å². The quantitative estimate of drug-likeness (QED) is 0.854. The number of halogens is 3. The van der Waals surface area contributed by atoms with E-state index in [1.807, 2.05) is 0 Å². The Labute approximate surface area is 114 Å². The van der Waals surface area contributed by atoms with Crippen LogP contribution in [0.1, 0.15) is 5.56 Å². The second-order valence-electron chi connectivity index (χ2n) is 3.72. The van der Waals surface area contributed by atoms with Gasteiger partial charge in [-0.05, 0) is 23.8 Å². The minimum absolute atomic E-state index is 0.207. The molecule has 0 bridgehead atoms. The van der Waals surface area contributed by atoms with E-state index in [1.54, 1.807) is 18.2 Å². The van der Waals surface area contributed by atoms with E-state index in [0.717, 1.165) is 0 Å². The fourth-order valence-electron chi connectivity index (χ4n) is 1.44. The van der Waals surface area contributed by atoms with Crippen molar-refractivity contribution in [1.82, 2.24) is 0 Å². The second-order valence-corrected chi connectivity index (χ2v) is 4.54. The average molecular weight is 286 g/mol. The molecule has 0 aliphatic carbocycles. The number of benzene rings is 2. The third-order valence-electron chi connectivity index (χ3n) is 2.33. The Morgan fingerprint density at radius 1 is 1.11 bits per heavy atom. The highest BCUT2D eigenvalue weighted by Gasteiger charge is 2.06. The van der Waals surface area contributed by atoms with Gasteiger partial charge in [-0.3, -0.25) is 0 Å². The average Bonchev–Trinajstić information content (AvgIpc) is 2.32. The maximum atomic E-state index is 13.0. The van der Waals surface area contributed by atoms with Crippen LogP contribution in [-0.2, 0) is 6.61 Å². The van der Waals surface area contributed by atoms with Crippen LogP contribution in [0, 0.1) is 5.82 Å². The minimum atomic E-state index is -0.308. The van der Waals surface area contributed by atoms with Crippen LogP contribution in [0.25, 0.3) is 0 Å². The SMILES string of the molecule is Nc1cc(OCc2cccc(F)c2)c(Cl)cc1Cl. The summed E-state index contributed by atoms with van der Waals surface area (Å²) >= 11 is 11.8. The van der Waals surface area contributed by atoms with E-state index >= 15 is 0 Å². The van der Waals surface area contributed by atoms with Crippen LogP contribution in [0.15, 0.2) is 36.4 Å². The summed E-state index contributed by atoms with van der Waals surface area (Å²) in [6.07, 6.45) is 0. The van der Waals surface area contributed by atoms with Crippen molar-refractivity contribution in [3.05, 3.63) is 57.8 Å². The highest BCUT2D eigenvalue weighted by atomic mass is 35.5. The van der Waals surface area contributed by atoms with Gasteiger partial charge in [-0.1, -0.05) is 35.3 Å². The largest absolute Gasteiger partial charge is 0.487 e. The zero-order valence-corrected chi connectivity index (χ0v) is 10.8. The Hall–Kier alpha value is -1.45. The van der Waals surface area contributed by atoms with Crippen LogP contribution in [0.3, 0.4) is 0 Å². The lowest BCUT2D eigenvalue weighted by Gasteiger charge is -2.10. The van der Waals surface area contributed by atoms with Crippen LogP contribution in [-0.4, -0.2) is 0 Å². The van der Waals surface area contributed by atoms with E-state index in [0.29, 0.717) is 27.0 Å². The van der Waals surface area contributed by atoms with Gasteiger partial charge in [0, 0.05) is 6.07 Å². The molecule has 2 N–H and O–H groups in total. The van der Waals surface area contributed by atoms with Crippen molar-refractivity contribution in [3.63, 3.8) is 0 Å². The lowest BCUT2D eigenvalue weighted by atomic mass is 10.2. The molecule has 94 valence electrons. The molecule has 0 aromatic heterocycles. The number of hydrogen-bond donors (Lipinski definition) is 1. The van der Waals surface area contributed by atoms with Crippen molar-refractivity contribution in [1.29, 1.82) is 0 Å². The summed E-state index contributed by atoms with van der Waals surface area (Å²) in [6, 6.07) is 9.20. The molecule has 18 heavy (non-hydrogen) atoms. The Kier molecular flexibility index (Phi) is 3.94. The van der Waals surface area contributed by atoms with E-state index in [4.69, 9.17) is 33.7 Å². The first-order valence-electron chi connectivity index (χ1n) is 5.18. The van der Waals surface area contributed by atoms with Crippen LogP contribution in [0.2, 0.25) is 10.0 Å². The lowest BCUT2D eigenvalue weighted by Crippen LogP contribution is -1.97. The van der Waals surface area contributed by atoms with Gasteiger partial charge in [0.1, 0.15) is 18.2 Å². The lowest BCUT2D eigenvalue weighted by molar-refractivity contribution is 0.306. The van der Waals surface area contributed by atoms with Gasteiger partial charge in [0.2, 0.25) is 0 Å². The highest BCUT2D eigenvalue weighted by Crippen LogP contribution is 2.32. The Balaban J connectivity index is 2.13. The third kappa shape index (κ3) is 3.06. The summed E-state index contributed by atoms with van der Waals surface area (Å²) in [5, 5.41) is 0.740. The van der Waals surface area contributed by atoms with Crippen LogP contribution >= 0.6 is 23.2 Å². The maximum absolute atomic E-state index is 13.0. The predicted octanol–water partition coefficient (Wildman–Crippen LogP) is 4.29. The standard InChI is InChI=1S/C13H10Cl2FNO/c14-10-5-11(15)13(6-12(10)17)18-7-8-2-1-3-9(16)4-8/h1-6H,7,17H2. The van der Waals surface area contributed by atoms with Gasteiger partial charge in [0.05, 0.1) is 15.7 Å². The molecule has 0 atom stereocenters. The van der Waals surface area contributed by atoms with Crippen LogP contribution in [0.5, 0.6) is 5.75 Å².